The fourth-order valence-corrected chi connectivity index (χ4v) is 3.81. The van der Waals surface area contributed by atoms with E-state index in [0.717, 1.165) is 29.7 Å². The number of anilines is 1. The van der Waals surface area contributed by atoms with Crippen molar-refractivity contribution >= 4 is 17.5 Å². The third kappa shape index (κ3) is 2.38. The van der Waals surface area contributed by atoms with Crippen LogP contribution < -0.4 is 9.64 Å². The molecule has 2 amide bonds. The van der Waals surface area contributed by atoms with Gasteiger partial charge in [0.15, 0.2) is 0 Å². The average Bonchev–Trinajstić information content (AvgIpc) is 3.13. The lowest BCUT2D eigenvalue weighted by atomic mass is 10.00. The second kappa shape index (κ2) is 5.92. The summed E-state index contributed by atoms with van der Waals surface area (Å²) in [6.07, 6.45) is 1.61. The minimum Gasteiger partial charge on any atom is -0.496 e. The van der Waals surface area contributed by atoms with Gasteiger partial charge in [-0.1, -0.05) is 24.3 Å². The summed E-state index contributed by atoms with van der Waals surface area (Å²) in [4.78, 5) is 29.1. The minimum atomic E-state index is -0.334. The SMILES string of the molecule is COc1ccccc1-c1ccc2c(c1)C(=O)N1CCC[C@H]1C(=O)N2C. The number of hydrogen-bond donors (Lipinski definition) is 0. The molecule has 2 aromatic carbocycles. The van der Waals surface area contributed by atoms with E-state index in [1.54, 1.807) is 24.0 Å². The number of ether oxygens (including phenoxy) is 1. The highest BCUT2D eigenvalue weighted by Crippen LogP contribution is 2.36. The number of rotatable bonds is 2. The Balaban J connectivity index is 1.86. The first-order chi connectivity index (χ1) is 12.1. The summed E-state index contributed by atoms with van der Waals surface area (Å²) in [6.45, 7) is 0.640. The van der Waals surface area contributed by atoms with Gasteiger partial charge >= 0.3 is 0 Å². The molecular formula is C20H20N2O3. The zero-order chi connectivity index (χ0) is 17.6. The van der Waals surface area contributed by atoms with Crippen LogP contribution in [0, 0.1) is 0 Å². The summed E-state index contributed by atoms with van der Waals surface area (Å²) >= 11 is 0. The summed E-state index contributed by atoms with van der Waals surface area (Å²) in [7, 11) is 3.38. The van der Waals surface area contributed by atoms with E-state index in [2.05, 4.69) is 0 Å². The fourth-order valence-electron chi connectivity index (χ4n) is 3.81. The Kier molecular flexibility index (Phi) is 3.71. The molecule has 0 radical (unpaired) electrons. The van der Waals surface area contributed by atoms with Crippen LogP contribution in [0.4, 0.5) is 5.69 Å². The van der Waals surface area contributed by atoms with Crippen molar-refractivity contribution in [3.8, 4) is 16.9 Å². The molecule has 2 aromatic rings. The van der Waals surface area contributed by atoms with Crippen molar-refractivity contribution in [2.24, 2.45) is 0 Å². The molecule has 0 saturated carbocycles. The Bertz CT molecular complexity index is 862. The second-order valence-corrected chi connectivity index (χ2v) is 6.49. The molecule has 25 heavy (non-hydrogen) atoms. The third-order valence-corrected chi connectivity index (χ3v) is 5.14. The van der Waals surface area contributed by atoms with Crippen molar-refractivity contribution in [3.63, 3.8) is 0 Å². The number of benzene rings is 2. The van der Waals surface area contributed by atoms with Crippen LogP contribution in [0.5, 0.6) is 5.75 Å². The van der Waals surface area contributed by atoms with Gasteiger partial charge in [-0.3, -0.25) is 9.59 Å². The molecule has 128 valence electrons. The number of amides is 2. The van der Waals surface area contributed by atoms with E-state index in [9.17, 15) is 9.59 Å². The van der Waals surface area contributed by atoms with Gasteiger partial charge in [-0.05, 0) is 36.6 Å². The normalized spacial score (nSPS) is 19.5. The van der Waals surface area contributed by atoms with Gasteiger partial charge < -0.3 is 14.5 Å². The molecule has 2 aliphatic rings. The molecule has 0 spiro atoms. The highest BCUT2D eigenvalue weighted by Gasteiger charge is 2.40. The maximum Gasteiger partial charge on any atom is 0.256 e. The van der Waals surface area contributed by atoms with Gasteiger partial charge in [0.1, 0.15) is 11.8 Å². The standard InChI is InChI=1S/C20H20N2O3/c1-21-16-10-9-13(14-6-3-4-8-18(14)25-2)12-15(16)19(23)22-11-5-7-17(22)20(21)24/h3-4,6,8-10,12,17H,5,7,11H2,1-2H3/t17-/m0/s1. The number of likely N-dealkylation sites (N-methyl/N-ethyl adjacent to an activating group) is 1. The molecule has 4 rings (SSSR count). The van der Waals surface area contributed by atoms with E-state index in [1.807, 2.05) is 42.5 Å². The summed E-state index contributed by atoms with van der Waals surface area (Å²) in [5.41, 5.74) is 3.08. The van der Waals surface area contributed by atoms with Crippen LogP contribution in [0.1, 0.15) is 23.2 Å². The Labute approximate surface area is 146 Å². The van der Waals surface area contributed by atoms with Gasteiger partial charge in [0.25, 0.3) is 5.91 Å². The first kappa shape index (κ1) is 15.7. The van der Waals surface area contributed by atoms with Gasteiger partial charge in [-0.15, -0.1) is 0 Å². The maximum absolute atomic E-state index is 13.1. The number of hydrogen-bond acceptors (Lipinski definition) is 3. The molecule has 0 unspecified atom stereocenters. The lowest BCUT2D eigenvalue weighted by Gasteiger charge is -2.22. The van der Waals surface area contributed by atoms with Crippen molar-refractivity contribution in [2.45, 2.75) is 18.9 Å². The number of fused-ring (bicyclic) bond motifs is 2. The molecule has 0 bridgehead atoms. The monoisotopic (exact) mass is 336 g/mol. The van der Waals surface area contributed by atoms with Gasteiger partial charge in [0, 0.05) is 19.2 Å². The number of carbonyl (C=O) groups excluding carboxylic acids is 2. The third-order valence-electron chi connectivity index (χ3n) is 5.14. The van der Waals surface area contributed by atoms with E-state index in [4.69, 9.17) is 4.74 Å². The zero-order valence-electron chi connectivity index (χ0n) is 14.4. The van der Waals surface area contributed by atoms with Crippen molar-refractivity contribution in [1.29, 1.82) is 0 Å². The van der Waals surface area contributed by atoms with Crippen molar-refractivity contribution in [3.05, 3.63) is 48.0 Å². The molecular weight excluding hydrogens is 316 g/mol. The summed E-state index contributed by atoms with van der Waals surface area (Å²) < 4.78 is 5.44. The van der Waals surface area contributed by atoms with Crippen molar-refractivity contribution in [1.82, 2.24) is 4.90 Å². The molecule has 2 aliphatic heterocycles. The Morgan fingerprint density at radius 1 is 1.08 bits per heavy atom. The lowest BCUT2D eigenvalue weighted by molar-refractivity contribution is -0.121. The van der Waals surface area contributed by atoms with Crippen LogP contribution in [0.25, 0.3) is 11.1 Å². The van der Waals surface area contributed by atoms with Crippen LogP contribution >= 0.6 is 0 Å². The highest BCUT2D eigenvalue weighted by atomic mass is 16.5. The summed E-state index contributed by atoms with van der Waals surface area (Å²) in [6, 6.07) is 13.1. The highest BCUT2D eigenvalue weighted by molar-refractivity contribution is 6.11. The fraction of sp³-hybridized carbons (Fsp3) is 0.300. The van der Waals surface area contributed by atoms with Crippen LogP contribution in [-0.4, -0.2) is 43.5 Å². The number of carbonyl (C=O) groups is 2. The quantitative estimate of drug-likeness (QED) is 0.847. The van der Waals surface area contributed by atoms with E-state index >= 15 is 0 Å². The molecule has 5 heteroatoms. The topological polar surface area (TPSA) is 49.9 Å². The maximum atomic E-state index is 13.1. The first-order valence-electron chi connectivity index (χ1n) is 8.48. The van der Waals surface area contributed by atoms with E-state index in [-0.39, 0.29) is 17.9 Å². The van der Waals surface area contributed by atoms with Crippen LogP contribution in [0.15, 0.2) is 42.5 Å². The zero-order valence-corrected chi connectivity index (χ0v) is 14.4. The molecule has 1 saturated heterocycles. The van der Waals surface area contributed by atoms with E-state index in [0.29, 0.717) is 17.8 Å². The Morgan fingerprint density at radius 2 is 1.88 bits per heavy atom. The molecule has 5 nitrogen and oxygen atoms in total. The molecule has 2 heterocycles. The van der Waals surface area contributed by atoms with Crippen molar-refractivity contribution in [2.75, 3.05) is 25.6 Å². The number of methoxy groups -OCH3 is 1. The van der Waals surface area contributed by atoms with Crippen LogP contribution in [0.2, 0.25) is 0 Å². The van der Waals surface area contributed by atoms with E-state index < -0.39 is 0 Å². The lowest BCUT2D eigenvalue weighted by Crippen LogP contribution is -2.43. The Hall–Kier alpha value is -2.82. The molecule has 0 N–H and O–H groups in total. The van der Waals surface area contributed by atoms with Gasteiger partial charge in [-0.25, -0.2) is 0 Å². The number of para-hydroxylation sites is 1. The van der Waals surface area contributed by atoms with Crippen LogP contribution in [0.3, 0.4) is 0 Å². The van der Waals surface area contributed by atoms with Gasteiger partial charge in [0.2, 0.25) is 5.91 Å². The summed E-state index contributed by atoms with van der Waals surface area (Å²) in [5, 5.41) is 0. The molecule has 0 aromatic heterocycles. The predicted molar refractivity (Wildman–Crippen MR) is 95.9 cm³/mol. The number of nitrogens with zero attached hydrogens (tertiary/aromatic N) is 2. The summed E-state index contributed by atoms with van der Waals surface area (Å²) in [5.74, 6) is 0.689. The predicted octanol–water partition coefficient (Wildman–Crippen LogP) is 2.94. The first-order valence-corrected chi connectivity index (χ1v) is 8.48. The average molecular weight is 336 g/mol. The smallest absolute Gasteiger partial charge is 0.256 e. The molecule has 0 aliphatic carbocycles. The molecule has 1 atom stereocenters. The largest absolute Gasteiger partial charge is 0.496 e. The van der Waals surface area contributed by atoms with Crippen LogP contribution in [-0.2, 0) is 4.79 Å². The van der Waals surface area contributed by atoms with E-state index in [1.165, 1.54) is 0 Å². The van der Waals surface area contributed by atoms with Gasteiger partial charge in [-0.2, -0.15) is 0 Å². The molecule has 1 fully saturated rings. The Morgan fingerprint density at radius 3 is 2.68 bits per heavy atom. The van der Waals surface area contributed by atoms with Crippen molar-refractivity contribution < 1.29 is 14.3 Å². The minimum absolute atomic E-state index is 0.00496. The van der Waals surface area contributed by atoms with Gasteiger partial charge in [0.05, 0.1) is 18.4 Å². The second-order valence-electron chi connectivity index (χ2n) is 6.49.